The van der Waals surface area contributed by atoms with Crippen LogP contribution in [0.25, 0.3) is 6.08 Å². The molecule has 0 saturated carbocycles. The van der Waals surface area contributed by atoms with Crippen LogP contribution in [0.1, 0.15) is 38.2 Å². The van der Waals surface area contributed by atoms with Crippen LogP contribution in [0.4, 0.5) is 5.69 Å². The third kappa shape index (κ3) is 3.74. The first-order valence-corrected chi connectivity index (χ1v) is 9.80. The molecule has 1 heterocycles. The average molecular weight is 388 g/mol. The monoisotopic (exact) mass is 387 g/mol. The zero-order valence-corrected chi connectivity index (χ0v) is 16.8. The fourth-order valence-electron chi connectivity index (χ4n) is 3.59. The van der Waals surface area contributed by atoms with E-state index in [0.717, 1.165) is 24.3 Å². The normalized spacial score (nSPS) is 13.2. The van der Waals surface area contributed by atoms with Crippen LogP contribution in [0.3, 0.4) is 0 Å². The van der Waals surface area contributed by atoms with Crippen molar-refractivity contribution in [2.45, 2.75) is 26.9 Å². The van der Waals surface area contributed by atoms with Crippen LogP contribution in [-0.2, 0) is 13.1 Å². The molecular weight excluding hydrogens is 366 g/mol. The van der Waals surface area contributed by atoms with Crippen molar-refractivity contribution < 1.29 is 4.79 Å². The lowest BCUT2D eigenvalue weighted by molar-refractivity contribution is 0.104. The van der Waals surface area contributed by atoms with E-state index < -0.39 is 0 Å². The molecule has 4 rings (SSSR count). The van der Waals surface area contributed by atoms with Crippen molar-refractivity contribution >= 4 is 29.1 Å². The number of fused-ring (bicyclic) bond motifs is 1. The Hall–Kier alpha value is -2.84. The Bertz CT molecular complexity index is 1040. The van der Waals surface area contributed by atoms with Crippen molar-refractivity contribution in [2.75, 3.05) is 4.90 Å². The molecule has 3 aromatic carbocycles. The number of benzene rings is 3. The molecule has 140 valence electrons. The number of carbonyl (C=O) groups excluding carboxylic acids is 1. The van der Waals surface area contributed by atoms with Crippen molar-refractivity contribution in [1.29, 1.82) is 0 Å². The van der Waals surface area contributed by atoms with E-state index in [9.17, 15) is 4.79 Å². The molecule has 1 aliphatic rings. The summed E-state index contributed by atoms with van der Waals surface area (Å²) in [7, 11) is 0. The molecule has 0 amide bonds. The first kappa shape index (κ1) is 18.5. The second kappa shape index (κ2) is 7.65. The van der Waals surface area contributed by atoms with Crippen molar-refractivity contribution in [3.63, 3.8) is 0 Å². The second-order valence-electron chi connectivity index (χ2n) is 7.33. The Labute approximate surface area is 171 Å². The van der Waals surface area contributed by atoms with Crippen LogP contribution >= 0.6 is 11.6 Å². The summed E-state index contributed by atoms with van der Waals surface area (Å²) < 4.78 is 0. The van der Waals surface area contributed by atoms with Gasteiger partial charge >= 0.3 is 0 Å². The minimum atomic E-state index is -0.0255. The Morgan fingerprint density at radius 1 is 0.929 bits per heavy atom. The first-order valence-electron chi connectivity index (χ1n) is 9.42. The summed E-state index contributed by atoms with van der Waals surface area (Å²) in [6.07, 6.45) is 3.34. The van der Waals surface area contributed by atoms with Gasteiger partial charge in [0.2, 0.25) is 0 Å². The maximum absolute atomic E-state index is 12.5. The van der Waals surface area contributed by atoms with Gasteiger partial charge in [-0.05, 0) is 84.1 Å². The second-order valence-corrected chi connectivity index (χ2v) is 7.73. The maximum atomic E-state index is 12.5. The van der Waals surface area contributed by atoms with Gasteiger partial charge in [-0.15, -0.1) is 0 Å². The summed E-state index contributed by atoms with van der Waals surface area (Å²) in [5.74, 6) is -0.0255. The summed E-state index contributed by atoms with van der Waals surface area (Å²) in [4.78, 5) is 14.8. The zero-order valence-electron chi connectivity index (χ0n) is 16.1. The Balaban J connectivity index is 1.47. The van der Waals surface area contributed by atoms with Crippen molar-refractivity contribution in [1.82, 2.24) is 0 Å². The fraction of sp³-hybridized carbons (Fsp3) is 0.160. The van der Waals surface area contributed by atoms with Crippen molar-refractivity contribution in [3.05, 3.63) is 105 Å². The van der Waals surface area contributed by atoms with E-state index in [0.29, 0.717) is 10.6 Å². The summed E-state index contributed by atoms with van der Waals surface area (Å²) in [5.41, 5.74) is 8.12. The van der Waals surface area contributed by atoms with E-state index in [2.05, 4.69) is 30.9 Å². The molecule has 3 heteroatoms. The number of aryl methyl sites for hydroxylation is 2. The minimum absolute atomic E-state index is 0.0255. The molecule has 28 heavy (non-hydrogen) atoms. The summed E-state index contributed by atoms with van der Waals surface area (Å²) in [6, 6.07) is 19.9. The van der Waals surface area contributed by atoms with E-state index in [4.69, 9.17) is 11.6 Å². The van der Waals surface area contributed by atoms with Gasteiger partial charge < -0.3 is 4.90 Å². The Morgan fingerprint density at radius 2 is 1.54 bits per heavy atom. The number of hydrogen-bond donors (Lipinski definition) is 0. The van der Waals surface area contributed by atoms with Gasteiger partial charge in [-0.3, -0.25) is 4.79 Å². The molecule has 2 nitrogen and oxygen atoms in total. The van der Waals surface area contributed by atoms with Crippen LogP contribution < -0.4 is 4.90 Å². The molecule has 3 aromatic rings. The van der Waals surface area contributed by atoms with Gasteiger partial charge in [0.1, 0.15) is 0 Å². The topological polar surface area (TPSA) is 20.3 Å². The average Bonchev–Trinajstić information content (AvgIpc) is 3.10. The molecule has 0 unspecified atom stereocenters. The maximum Gasteiger partial charge on any atom is 0.185 e. The number of carbonyl (C=O) groups is 1. The largest absolute Gasteiger partial charge is 0.363 e. The highest BCUT2D eigenvalue weighted by Crippen LogP contribution is 2.30. The van der Waals surface area contributed by atoms with Gasteiger partial charge in [0.15, 0.2) is 5.78 Å². The SMILES string of the molecule is Cc1cc2c(cc1C)CN(c1ccc(C(=O)/C=C/c3ccccc3Cl)cc1)C2. The summed E-state index contributed by atoms with van der Waals surface area (Å²) >= 11 is 6.14. The highest BCUT2D eigenvalue weighted by molar-refractivity contribution is 6.32. The number of halogens is 1. The summed E-state index contributed by atoms with van der Waals surface area (Å²) in [5, 5.41) is 0.640. The van der Waals surface area contributed by atoms with E-state index >= 15 is 0 Å². The van der Waals surface area contributed by atoms with Crippen LogP contribution in [-0.4, -0.2) is 5.78 Å². The van der Waals surface area contributed by atoms with E-state index in [1.165, 1.54) is 22.3 Å². The first-order chi connectivity index (χ1) is 13.5. The van der Waals surface area contributed by atoms with Gasteiger partial charge in [-0.1, -0.05) is 41.9 Å². The van der Waals surface area contributed by atoms with E-state index in [-0.39, 0.29) is 5.78 Å². The van der Waals surface area contributed by atoms with E-state index in [1.54, 1.807) is 12.2 Å². The lowest BCUT2D eigenvalue weighted by Gasteiger charge is -2.17. The van der Waals surface area contributed by atoms with Crippen LogP contribution in [0.15, 0.2) is 66.7 Å². The third-order valence-corrected chi connectivity index (χ3v) is 5.72. The molecular formula is C25H22ClNO. The standard InChI is InChI=1S/C25H22ClNO/c1-17-13-21-15-27(16-22(21)14-18(17)2)23-10-7-20(8-11-23)25(28)12-9-19-5-3-4-6-24(19)26/h3-14H,15-16H2,1-2H3/b12-9+. The Morgan fingerprint density at radius 3 is 2.14 bits per heavy atom. The molecule has 1 aliphatic heterocycles. The van der Waals surface area contributed by atoms with Crippen molar-refractivity contribution in [2.24, 2.45) is 0 Å². The lowest BCUT2D eigenvalue weighted by atomic mass is 10.0. The molecule has 0 spiro atoms. The molecule has 0 N–H and O–H groups in total. The number of allylic oxidation sites excluding steroid dienone is 1. The van der Waals surface area contributed by atoms with Gasteiger partial charge in [0, 0.05) is 29.4 Å². The van der Waals surface area contributed by atoms with Crippen LogP contribution in [0, 0.1) is 13.8 Å². The van der Waals surface area contributed by atoms with Gasteiger partial charge in [0.25, 0.3) is 0 Å². The van der Waals surface area contributed by atoms with Crippen molar-refractivity contribution in [3.8, 4) is 0 Å². The molecule has 0 fully saturated rings. The summed E-state index contributed by atoms with van der Waals surface area (Å²) in [6.45, 7) is 6.15. The van der Waals surface area contributed by atoms with Gasteiger partial charge in [-0.25, -0.2) is 0 Å². The quantitative estimate of drug-likeness (QED) is 0.382. The lowest BCUT2D eigenvalue weighted by Crippen LogP contribution is -2.14. The predicted octanol–water partition coefficient (Wildman–Crippen LogP) is 6.37. The molecule has 0 aromatic heterocycles. The van der Waals surface area contributed by atoms with Gasteiger partial charge in [0.05, 0.1) is 0 Å². The zero-order chi connectivity index (χ0) is 19.7. The number of hydrogen-bond acceptors (Lipinski definition) is 2. The number of ketones is 1. The van der Waals surface area contributed by atoms with Crippen LogP contribution in [0.5, 0.6) is 0 Å². The van der Waals surface area contributed by atoms with E-state index in [1.807, 2.05) is 48.5 Å². The molecule has 0 saturated heterocycles. The fourth-order valence-corrected chi connectivity index (χ4v) is 3.79. The highest BCUT2D eigenvalue weighted by Gasteiger charge is 2.20. The predicted molar refractivity (Wildman–Crippen MR) is 117 cm³/mol. The Kier molecular flexibility index (Phi) is 5.06. The number of rotatable bonds is 4. The highest BCUT2D eigenvalue weighted by atomic mass is 35.5. The third-order valence-electron chi connectivity index (χ3n) is 5.37. The molecule has 0 atom stereocenters. The smallest absolute Gasteiger partial charge is 0.185 e. The van der Waals surface area contributed by atoms with Crippen LogP contribution in [0.2, 0.25) is 5.02 Å². The number of anilines is 1. The molecule has 0 bridgehead atoms. The minimum Gasteiger partial charge on any atom is -0.363 e. The molecule has 0 radical (unpaired) electrons. The number of nitrogens with zero attached hydrogens (tertiary/aromatic N) is 1. The van der Waals surface area contributed by atoms with Gasteiger partial charge in [-0.2, -0.15) is 0 Å². The molecule has 0 aliphatic carbocycles.